The van der Waals surface area contributed by atoms with Crippen molar-refractivity contribution in [1.29, 1.82) is 0 Å². The van der Waals surface area contributed by atoms with Crippen molar-refractivity contribution in [3.05, 3.63) is 29.8 Å². The minimum Gasteiger partial charge on any atom is -0.497 e. The molecule has 1 unspecified atom stereocenters. The van der Waals surface area contributed by atoms with E-state index in [1.165, 1.54) is 19.3 Å². The van der Waals surface area contributed by atoms with Gasteiger partial charge in [0, 0.05) is 19.0 Å². The Bertz CT molecular complexity index is 625. The van der Waals surface area contributed by atoms with Gasteiger partial charge in [-0.25, -0.2) is 0 Å². The van der Waals surface area contributed by atoms with Crippen LogP contribution in [0.15, 0.2) is 24.3 Å². The summed E-state index contributed by atoms with van der Waals surface area (Å²) in [4.78, 5) is 27.4. The van der Waals surface area contributed by atoms with E-state index in [-0.39, 0.29) is 23.9 Å². The lowest BCUT2D eigenvalue weighted by molar-refractivity contribution is -0.140. The summed E-state index contributed by atoms with van der Waals surface area (Å²) in [6, 6.07) is 7.64. The maximum Gasteiger partial charge on any atom is 0.243 e. The molecular formula is C21H30N2O3. The van der Waals surface area contributed by atoms with E-state index in [0.29, 0.717) is 13.0 Å². The van der Waals surface area contributed by atoms with E-state index < -0.39 is 0 Å². The lowest BCUT2D eigenvalue weighted by Gasteiger charge is -2.32. The number of nitrogens with one attached hydrogen (secondary N) is 1. The topological polar surface area (TPSA) is 58.6 Å². The third-order valence-corrected chi connectivity index (χ3v) is 5.56. The average molecular weight is 358 g/mol. The van der Waals surface area contributed by atoms with Gasteiger partial charge in [0.1, 0.15) is 11.8 Å². The highest BCUT2D eigenvalue weighted by atomic mass is 16.5. The number of nitrogens with zero attached hydrogens (tertiary/aromatic N) is 1. The number of methoxy groups -OCH3 is 1. The van der Waals surface area contributed by atoms with Crippen LogP contribution in [0.4, 0.5) is 0 Å². The van der Waals surface area contributed by atoms with Crippen LogP contribution >= 0.6 is 0 Å². The lowest BCUT2D eigenvalue weighted by atomic mass is 9.95. The van der Waals surface area contributed by atoms with Crippen molar-refractivity contribution in [2.75, 3.05) is 7.11 Å². The predicted molar refractivity (Wildman–Crippen MR) is 101 cm³/mol. The number of likely N-dealkylation sites (tertiary alicyclic amines) is 1. The second-order valence-electron chi connectivity index (χ2n) is 7.48. The molecule has 2 aliphatic rings. The molecule has 1 aromatic rings. The summed E-state index contributed by atoms with van der Waals surface area (Å²) >= 11 is 0. The molecule has 1 aromatic carbocycles. The molecule has 142 valence electrons. The molecule has 1 aliphatic carbocycles. The lowest BCUT2D eigenvalue weighted by Crippen LogP contribution is -2.51. The SMILES string of the molecule is COc1cccc(CN2C(=O)CCCCC2C(=O)NC2CCCCC2)c1. The van der Waals surface area contributed by atoms with Crippen molar-refractivity contribution in [3.8, 4) is 5.75 Å². The third kappa shape index (κ3) is 4.77. The molecule has 5 nitrogen and oxygen atoms in total. The van der Waals surface area contributed by atoms with Gasteiger partial charge < -0.3 is 15.0 Å². The van der Waals surface area contributed by atoms with E-state index in [1.54, 1.807) is 12.0 Å². The number of hydrogen-bond donors (Lipinski definition) is 1. The standard InChI is InChI=1S/C21H30N2O3/c1-26-18-11-7-8-16(14-18)15-23-19(12-5-6-13-20(23)24)21(25)22-17-9-3-2-4-10-17/h7-8,11,14,17,19H,2-6,9-10,12-13,15H2,1H3,(H,22,25). The van der Waals surface area contributed by atoms with Crippen LogP contribution in [-0.4, -0.2) is 35.9 Å². The largest absolute Gasteiger partial charge is 0.497 e. The molecule has 0 bridgehead atoms. The number of ether oxygens (including phenoxy) is 1. The smallest absolute Gasteiger partial charge is 0.243 e. The summed E-state index contributed by atoms with van der Waals surface area (Å²) < 4.78 is 5.29. The number of benzene rings is 1. The highest BCUT2D eigenvalue weighted by molar-refractivity contribution is 5.88. The Labute approximate surface area is 156 Å². The summed E-state index contributed by atoms with van der Waals surface area (Å²) in [5, 5.41) is 3.22. The Balaban J connectivity index is 1.73. The van der Waals surface area contributed by atoms with Crippen LogP contribution in [0.2, 0.25) is 0 Å². The summed E-state index contributed by atoms with van der Waals surface area (Å²) in [6.07, 6.45) is 8.79. The normalized spacial score (nSPS) is 22.0. The molecule has 1 heterocycles. The van der Waals surface area contributed by atoms with Crippen molar-refractivity contribution in [2.45, 2.75) is 76.4 Å². The molecule has 3 rings (SSSR count). The molecule has 2 fully saturated rings. The first-order chi connectivity index (χ1) is 12.7. The predicted octanol–water partition coefficient (Wildman–Crippen LogP) is 3.42. The number of carbonyl (C=O) groups excluding carboxylic acids is 2. The Morgan fingerprint density at radius 3 is 2.69 bits per heavy atom. The van der Waals surface area contributed by atoms with E-state index in [9.17, 15) is 9.59 Å². The Morgan fingerprint density at radius 2 is 1.92 bits per heavy atom. The molecule has 0 spiro atoms. The van der Waals surface area contributed by atoms with E-state index in [4.69, 9.17) is 4.74 Å². The summed E-state index contributed by atoms with van der Waals surface area (Å²) in [5.41, 5.74) is 0.995. The van der Waals surface area contributed by atoms with Gasteiger partial charge in [0.15, 0.2) is 0 Å². The van der Waals surface area contributed by atoms with Crippen molar-refractivity contribution in [1.82, 2.24) is 10.2 Å². The first-order valence-electron chi connectivity index (χ1n) is 9.90. The van der Waals surface area contributed by atoms with Gasteiger partial charge >= 0.3 is 0 Å². The zero-order chi connectivity index (χ0) is 18.4. The minimum absolute atomic E-state index is 0.0232. The Morgan fingerprint density at radius 1 is 1.15 bits per heavy atom. The van der Waals surface area contributed by atoms with E-state index >= 15 is 0 Å². The zero-order valence-electron chi connectivity index (χ0n) is 15.7. The highest BCUT2D eigenvalue weighted by Gasteiger charge is 2.32. The average Bonchev–Trinajstić information content (AvgIpc) is 2.85. The summed E-state index contributed by atoms with van der Waals surface area (Å²) in [6.45, 7) is 0.457. The number of carbonyl (C=O) groups is 2. The summed E-state index contributed by atoms with van der Waals surface area (Å²) in [5.74, 6) is 0.872. The fraction of sp³-hybridized carbons (Fsp3) is 0.619. The van der Waals surface area contributed by atoms with Gasteiger partial charge in [0.05, 0.1) is 7.11 Å². The van der Waals surface area contributed by atoms with Crippen molar-refractivity contribution in [2.24, 2.45) is 0 Å². The van der Waals surface area contributed by atoms with E-state index in [1.807, 2.05) is 24.3 Å². The minimum atomic E-state index is -0.363. The molecule has 1 aliphatic heterocycles. The van der Waals surface area contributed by atoms with E-state index in [2.05, 4.69) is 5.32 Å². The highest BCUT2D eigenvalue weighted by Crippen LogP contribution is 2.24. The van der Waals surface area contributed by atoms with Crippen LogP contribution < -0.4 is 10.1 Å². The van der Waals surface area contributed by atoms with E-state index in [0.717, 1.165) is 43.4 Å². The molecule has 0 radical (unpaired) electrons. The van der Waals surface area contributed by atoms with Gasteiger partial charge in [-0.05, 0) is 43.4 Å². The molecule has 0 aromatic heterocycles. The maximum atomic E-state index is 13.0. The molecular weight excluding hydrogens is 328 g/mol. The number of amides is 2. The molecule has 26 heavy (non-hydrogen) atoms. The Kier molecular flexibility index (Phi) is 6.53. The monoisotopic (exact) mass is 358 g/mol. The van der Waals surface area contributed by atoms with Crippen LogP contribution in [0.1, 0.15) is 63.4 Å². The first-order valence-corrected chi connectivity index (χ1v) is 9.90. The third-order valence-electron chi connectivity index (χ3n) is 5.56. The molecule has 2 amide bonds. The van der Waals surface area contributed by atoms with Crippen LogP contribution in [-0.2, 0) is 16.1 Å². The first kappa shape index (κ1) is 18.7. The van der Waals surface area contributed by atoms with Crippen LogP contribution in [0, 0.1) is 0 Å². The van der Waals surface area contributed by atoms with Gasteiger partial charge in [-0.1, -0.05) is 37.8 Å². The van der Waals surface area contributed by atoms with Gasteiger partial charge in [0.25, 0.3) is 0 Å². The summed E-state index contributed by atoms with van der Waals surface area (Å²) in [7, 11) is 1.64. The molecule has 1 saturated carbocycles. The van der Waals surface area contributed by atoms with Crippen molar-refractivity contribution in [3.63, 3.8) is 0 Å². The van der Waals surface area contributed by atoms with Crippen LogP contribution in [0.3, 0.4) is 0 Å². The molecule has 1 saturated heterocycles. The second kappa shape index (κ2) is 9.06. The molecule has 5 heteroatoms. The zero-order valence-corrected chi connectivity index (χ0v) is 15.7. The van der Waals surface area contributed by atoms with Gasteiger partial charge in [-0.3, -0.25) is 9.59 Å². The quantitative estimate of drug-likeness (QED) is 0.877. The van der Waals surface area contributed by atoms with Crippen molar-refractivity contribution >= 4 is 11.8 Å². The Hall–Kier alpha value is -2.04. The molecule has 1 N–H and O–H groups in total. The fourth-order valence-corrected chi connectivity index (χ4v) is 4.07. The van der Waals surface area contributed by atoms with Gasteiger partial charge in [0.2, 0.25) is 11.8 Å². The number of rotatable bonds is 5. The second-order valence-corrected chi connectivity index (χ2v) is 7.48. The van der Waals surface area contributed by atoms with Crippen LogP contribution in [0.25, 0.3) is 0 Å². The van der Waals surface area contributed by atoms with Gasteiger partial charge in [-0.15, -0.1) is 0 Å². The fourth-order valence-electron chi connectivity index (χ4n) is 4.07. The van der Waals surface area contributed by atoms with Crippen molar-refractivity contribution < 1.29 is 14.3 Å². The maximum absolute atomic E-state index is 13.0. The van der Waals surface area contributed by atoms with Gasteiger partial charge in [-0.2, -0.15) is 0 Å². The molecule has 1 atom stereocenters. The number of hydrogen-bond acceptors (Lipinski definition) is 3. The van der Waals surface area contributed by atoms with Crippen LogP contribution in [0.5, 0.6) is 5.75 Å².